The molecule has 0 radical (unpaired) electrons. The minimum atomic E-state index is 0.666. The molecule has 0 saturated carbocycles. The molecule has 0 bridgehead atoms. The van der Waals surface area contributed by atoms with Crippen LogP contribution in [-0.4, -0.2) is 25.2 Å². The molecule has 0 aliphatic carbocycles. The monoisotopic (exact) mass is 198 g/mol. The summed E-state index contributed by atoms with van der Waals surface area (Å²) in [5, 5.41) is 7.18. The fourth-order valence-corrected chi connectivity index (χ4v) is 2.11. The molecule has 0 aromatic carbocycles. The first-order valence-corrected chi connectivity index (χ1v) is 6.23. The van der Waals surface area contributed by atoms with E-state index in [1.54, 1.807) is 0 Å². The summed E-state index contributed by atoms with van der Waals surface area (Å²) in [5.41, 5.74) is 0. The fourth-order valence-electron chi connectivity index (χ4n) is 2.11. The topological polar surface area (TPSA) is 24.1 Å². The van der Waals surface area contributed by atoms with Crippen molar-refractivity contribution in [3.8, 4) is 0 Å². The molecule has 0 amide bonds. The van der Waals surface area contributed by atoms with E-state index in [-0.39, 0.29) is 0 Å². The molecule has 2 nitrogen and oxygen atoms in total. The number of nitrogens with one attached hydrogen (secondary N) is 2. The fraction of sp³-hybridized carbons (Fsp3) is 1.00. The Balaban J connectivity index is 2.17. The van der Waals surface area contributed by atoms with Crippen molar-refractivity contribution in [2.75, 3.05) is 13.1 Å². The van der Waals surface area contributed by atoms with Gasteiger partial charge >= 0.3 is 0 Å². The molecule has 0 aromatic rings. The van der Waals surface area contributed by atoms with Gasteiger partial charge in [-0.15, -0.1) is 0 Å². The summed E-state index contributed by atoms with van der Waals surface area (Å²) < 4.78 is 0. The average molecular weight is 198 g/mol. The van der Waals surface area contributed by atoms with E-state index in [2.05, 4.69) is 31.4 Å². The second-order valence-corrected chi connectivity index (χ2v) is 4.67. The highest BCUT2D eigenvalue weighted by molar-refractivity contribution is 4.80. The quantitative estimate of drug-likeness (QED) is 0.707. The lowest BCUT2D eigenvalue weighted by molar-refractivity contribution is 0.282. The molecule has 1 saturated heterocycles. The maximum Gasteiger partial charge on any atom is 0.0195 e. The molecule has 1 heterocycles. The standard InChI is InChI=1S/C12H26N2/c1-4-10(3)14-9-12-8-11(5-2)6-7-13-12/h10-14H,4-9H2,1-3H3. The third-order valence-corrected chi connectivity index (χ3v) is 3.51. The van der Waals surface area contributed by atoms with Crippen LogP contribution in [0.25, 0.3) is 0 Å². The second kappa shape index (κ2) is 6.41. The minimum Gasteiger partial charge on any atom is -0.313 e. The van der Waals surface area contributed by atoms with Crippen LogP contribution in [0.4, 0.5) is 0 Å². The van der Waals surface area contributed by atoms with Gasteiger partial charge in [0, 0.05) is 18.6 Å². The van der Waals surface area contributed by atoms with Gasteiger partial charge in [-0.2, -0.15) is 0 Å². The second-order valence-electron chi connectivity index (χ2n) is 4.67. The highest BCUT2D eigenvalue weighted by Crippen LogP contribution is 2.18. The van der Waals surface area contributed by atoms with E-state index in [1.165, 1.54) is 32.2 Å². The van der Waals surface area contributed by atoms with Gasteiger partial charge in [-0.25, -0.2) is 0 Å². The molecule has 3 atom stereocenters. The first-order chi connectivity index (χ1) is 6.76. The molecule has 1 aliphatic heterocycles. The summed E-state index contributed by atoms with van der Waals surface area (Å²) in [5.74, 6) is 0.958. The van der Waals surface area contributed by atoms with Gasteiger partial charge in [0.15, 0.2) is 0 Å². The molecular weight excluding hydrogens is 172 g/mol. The van der Waals surface area contributed by atoms with Crippen molar-refractivity contribution in [2.24, 2.45) is 5.92 Å². The van der Waals surface area contributed by atoms with Crippen molar-refractivity contribution in [2.45, 2.75) is 58.5 Å². The maximum atomic E-state index is 3.60. The number of rotatable bonds is 5. The zero-order valence-corrected chi connectivity index (χ0v) is 9.97. The highest BCUT2D eigenvalue weighted by Gasteiger charge is 2.19. The van der Waals surface area contributed by atoms with Crippen LogP contribution in [0.2, 0.25) is 0 Å². The summed E-state index contributed by atoms with van der Waals surface area (Å²) in [7, 11) is 0. The van der Waals surface area contributed by atoms with Gasteiger partial charge in [0.05, 0.1) is 0 Å². The Morgan fingerprint density at radius 2 is 2.21 bits per heavy atom. The van der Waals surface area contributed by atoms with Crippen LogP contribution < -0.4 is 10.6 Å². The SMILES string of the molecule is CCC1CCNC(CNC(C)CC)C1. The molecule has 1 fully saturated rings. The van der Waals surface area contributed by atoms with Crippen molar-refractivity contribution in [1.29, 1.82) is 0 Å². The van der Waals surface area contributed by atoms with Crippen LogP contribution in [0.15, 0.2) is 0 Å². The number of hydrogen-bond acceptors (Lipinski definition) is 2. The molecule has 84 valence electrons. The van der Waals surface area contributed by atoms with E-state index in [0.29, 0.717) is 12.1 Å². The molecule has 2 heteroatoms. The zero-order chi connectivity index (χ0) is 10.4. The largest absolute Gasteiger partial charge is 0.313 e. The molecule has 3 unspecified atom stereocenters. The minimum absolute atomic E-state index is 0.666. The van der Waals surface area contributed by atoms with Crippen LogP contribution in [0.5, 0.6) is 0 Å². The van der Waals surface area contributed by atoms with E-state index in [9.17, 15) is 0 Å². The lowest BCUT2D eigenvalue weighted by Crippen LogP contribution is -2.46. The Morgan fingerprint density at radius 1 is 1.43 bits per heavy atom. The molecule has 1 aliphatic rings. The van der Waals surface area contributed by atoms with E-state index < -0.39 is 0 Å². The van der Waals surface area contributed by atoms with Crippen molar-refractivity contribution >= 4 is 0 Å². The first-order valence-electron chi connectivity index (χ1n) is 6.23. The normalized spacial score (nSPS) is 30.2. The number of hydrogen-bond donors (Lipinski definition) is 2. The van der Waals surface area contributed by atoms with Gasteiger partial charge in [0.2, 0.25) is 0 Å². The van der Waals surface area contributed by atoms with Crippen molar-refractivity contribution in [1.82, 2.24) is 10.6 Å². The zero-order valence-electron chi connectivity index (χ0n) is 9.97. The predicted molar refractivity (Wildman–Crippen MR) is 62.6 cm³/mol. The van der Waals surface area contributed by atoms with Crippen molar-refractivity contribution < 1.29 is 0 Å². The summed E-state index contributed by atoms with van der Waals surface area (Å²) >= 11 is 0. The summed E-state index contributed by atoms with van der Waals surface area (Å²) in [6.45, 7) is 9.17. The molecular formula is C12H26N2. The van der Waals surface area contributed by atoms with Gasteiger partial charge in [-0.1, -0.05) is 20.3 Å². The van der Waals surface area contributed by atoms with E-state index in [0.717, 1.165) is 12.5 Å². The average Bonchev–Trinajstić information content (AvgIpc) is 2.26. The van der Waals surface area contributed by atoms with Gasteiger partial charge in [0.25, 0.3) is 0 Å². The van der Waals surface area contributed by atoms with Gasteiger partial charge < -0.3 is 10.6 Å². The van der Waals surface area contributed by atoms with E-state index in [1.807, 2.05) is 0 Å². The Labute approximate surface area is 88.8 Å². The third-order valence-electron chi connectivity index (χ3n) is 3.51. The number of piperidine rings is 1. The van der Waals surface area contributed by atoms with E-state index in [4.69, 9.17) is 0 Å². The van der Waals surface area contributed by atoms with Crippen molar-refractivity contribution in [3.63, 3.8) is 0 Å². The van der Waals surface area contributed by atoms with Gasteiger partial charge in [0.1, 0.15) is 0 Å². The smallest absolute Gasteiger partial charge is 0.0195 e. The van der Waals surface area contributed by atoms with Crippen LogP contribution in [0, 0.1) is 5.92 Å². The predicted octanol–water partition coefficient (Wildman–Crippen LogP) is 2.15. The molecule has 1 rings (SSSR count). The van der Waals surface area contributed by atoms with Gasteiger partial charge in [-0.05, 0) is 38.6 Å². The third kappa shape index (κ3) is 3.97. The summed E-state index contributed by atoms with van der Waals surface area (Å²) in [6.07, 6.45) is 5.31. The summed E-state index contributed by atoms with van der Waals surface area (Å²) in [6, 6.07) is 1.38. The van der Waals surface area contributed by atoms with Gasteiger partial charge in [-0.3, -0.25) is 0 Å². The maximum absolute atomic E-state index is 3.60. The Kier molecular flexibility index (Phi) is 5.49. The van der Waals surface area contributed by atoms with Crippen LogP contribution in [-0.2, 0) is 0 Å². The Hall–Kier alpha value is -0.0800. The van der Waals surface area contributed by atoms with Crippen LogP contribution >= 0.6 is 0 Å². The Bertz CT molecular complexity index is 147. The molecule has 0 spiro atoms. The molecule has 2 N–H and O–H groups in total. The van der Waals surface area contributed by atoms with Crippen LogP contribution in [0.3, 0.4) is 0 Å². The highest BCUT2D eigenvalue weighted by atomic mass is 15.0. The molecule has 14 heavy (non-hydrogen) atoms. The lowest BCUT2D eigenvalue weighted by atomic mass is 9.90. The van der Waals surface area contributed by atoms with Crippen LogP contribution in [0.1, 0.15) is 46.5 Å². The summed E-state index contributed by atoms with van der Waals surface area (Å²) in [4.78, 5) is 0. The lowest BCUT2D eigenvalue weighted by Gasteiger charge is -2.30. The first kappa shape index (κ1) is 12.0. The van der Waals surface area contributed by atoms with E-state index >= 15 is 0 Å². The molecule has 0 aromatic heterocycles. The van der Waals surface area contributed by atoms with Crippen molar-refractivity contribution in [3.05, 3.63) is 0 Å². The Morgan fingerprint density at radius 3 is 2.86 bits per heavy atom.